The smallest absolute Gasteiger partial charge is 0.123 e. The maximum Gasteiger partial charge on any atom is 0.123 e. The van der Waals surface area contributed by atoms with Gasteiger partial charge in [-0.2, -0.15) is 5.10 Å². The van der Waals surface area contributed by atoms with E-state index >= 15 is 0 Å². The van der Waals surface area contributed by atoms with Crippen LogP contribution < -0.4 is 0 Å². The Balaban J connectivity index is 1.34. The van der Waals surface area contributed by atoms with Crippen molar-refractivity contribution in [3.63, 3.8) is 0 Å². The molecule has 0 amide bonds. The third-order valence-corrected chi connectivity index (χ3v) is 7.79. The second-order valence-electron chi connectivity index (χ2n) is 9.40. The van der Waals surface area contributed by atoms with E-state index in [0.29, 0.717) is 18.0 Å². The summed E-state index contributed by atoms with van der Waals surface area (Å²) in [4.78, 5) is 5.47. The second kappa shape index (κ2) is 6.39. The average Bonchev–Trinajstić information content (AvgIpc) is 3.38. The number of nitrogens with zero attached hydrogens (tertiary/aromatic N) is 4. The molecule has 5 heteroatoms. The highest BCUT2D eigenvalue weighted by molar-refractivity contribution is 5.30. The van der Waals surface area contributed by atoms with Gasteiger partial charge in [0.2, 0.25) is 0 Å². The van der Waals surface area contributed by atoms with Crippen molar-refractivity contribution in [2.75, 3.05) is 19.6 Å². The fraction of sp³-hybridized carbons (Fsp3) is 0.609. The van der Waals surface area contributed by atoms with Crippen molar-refractivity contribution in [2.24, 2.45) is 13.0 Å². The Bertz CT molecular complexity index is 863. The summed E-state index contributed by atoms with van der Waals surface area (Å²) in [5.41, 5.74) is 4.20. The first kappa shape index (κ1) is 17.2. The van der Waals surface area contributed by atoms with Crippen LogP contribution in [0.2, 0.25) is 0 Å². The van der Waals surface area contributed by atoms with Crippen molar-refractivity contribution in [3.05, 3.63) is 53.1 Å². The molecule has 4 aliphatic heterocycles. The Morgan fingerprint density at radius 3 is 2.50 bits per heavy atom. The third-order valence-electron chi connectivity index (χ3n) is 7.79. The van der Waals surface area contributed by atoms with Crippen LogP contribution in [-0.4, -0.2) is 51.3 Å². The zero-order valence-electron chi connectivity index (χ0n) is 16.6. The van der Waals surface area contributed by atoms with Gasteiger partial charge in [0.05, 0.1) is 6.20 Å². The summed E-state index contributed by atoms with van der Waals surface area (Å²) in [5.74, 6) is 1.88. The largest absolute Gasteiger partial charge is 0.298 e. The fourth-order valence-electron chi connectivity index (χ4n) is 6.44. The molecule has 2 aromatic rings. The number of piperidine rings is 3. The fourth-order valence-corrected chi connectivity index (χ4v) is 6.44. The third kappa shape index (κ3) is 2.66. The quantitative estimate of drug-likeness (QED) is 0.811. The minimum Gasteiger partial charge on any atom is -0.298 e. The molecule has 1 aromatic heterocycles. The van der Waals surface area contributed by atoms with Gasteiger partial charge in [-0.3, -0.25) is 14.5 Å². The van der Waals surface area contributed by atoms with E-state index in [1.165, 1.54) is 55.6 Å². The van der Waals surface area contributed by atoms with Crippen LogP contribution in [0.3, 0.4) is 0 Å². The topological polar surface area (TPSA) is 24.3 Å². The minimum absolute atomic E-state index is 0.134. The highest BCUT2D eigenvalue weighted by Crippen LogP contribution is 2.48. The number of halogens is 1. The molecule has 5 fully saturated rings. The molecule has 5 heterocycles. The first-order chi connectivity index (χ1) is 13.7. The molecule has 148 valence electrons. The van der Waals surface area contributed by atoms with Crippen molar-refractivity contribution in [2.45, 2.75) is 56.1 Å². The number of hydrogen-bond acceptors (Lipinski definition) is 3. The van der Waals surface area contributed by atoms with Gasteiger partial charge in [-0.1, -0.05) is 12.1 Å². The molecule has 1 aromatic carbocycles. The number of hydrogen-bond donors (Lipinski definition) is 0. The molecule has 0 spiro atoms. The Hall–Kier alpha value is -1.72. The van der Waals surface area contributed by atoms with E-state index in [1.54, 1.807) is 12.1 Å². The summed E-state index contributed by atoms with van der Waals surface area (Å²) in [6, 6.07) is 8.52. The highest BCUT2D eigenvalue weighted by Gasteiger charge is 2.53. The lowest BCUT2D eigenvalue weighted by Gasteiger charge is -2.51. The van der Waals surface area contributed by atoms with Crippen molar-refractivity contribution < 1.29 is 4.39 Å². The standard InChI is InChI=1S/C23H29FN4/c1-26-21(16-2-3-16)18(12-25-26)13-28-14-20(15-4-6-19(24)7-5-15)23-22(28)17-8-10-27(23)11-9-17/h4-7,12,16-17,20,22-23H,2-3,8-11,13-14H2,1H3/t20-,22+,23+/m1/s1. The van der Waals surface area contributed by atoms with Gasteiger partial charge in [0.15, 0.2) is 0 Å². The molecule has 1 saturated carbocycles. The maximum atomic E-state index is 13.5. The van der Waals surface area contributed by atoms with Crippen LogP contribution in [0.4, 0.5) is 4.39 Å². The molecule has 4 nitrogen and oxygen atoms in total. The van der Waals surface area contributed by atoms with Gasteiger partial charge in [-0.25, -0.2) is 4.39 Å². The Labute approximate surface area is 166 Å². The van der Waals surface area contributed by atoms with Crippen molar-refractivity contribution in [3.8, 4) is 0 Å². The number of likely N-dealkylation sites (tertiary alicyclic amines) is 1. The molecule has 2 bridgehead atoms. The lowest BCUT2D eigenvalue weighted by atomic mass is 9.75. The second-order valence-corrected chi connectivity index (χ2v) is 9.40. The summed E-state index contributed by atoms with van der Waals surface area (Å²) in [7, 11) is 2.10. The zero-order chi connectivity index (χ0) is 18.8. The molecule has 28 heavy (non-hydrogen) atoms. The van der Waals surface area contributed by atoms with E-state index in [2.05, 4.69) is 32.8 Å². The van der Waals surface area contributed by atoms with E-state index < -0.39 is 0 Å². The summed E-state index contributed by atoms with van der Waals surface area (Å²) in [6.45, 7) is 4.56. The predicted molar refractivity (Wildman–Crippen MR) is 107 cm³/mol. The molecule has 7 rings (SSSR count). The van der Waals surface area contributed by atoms with Gasteiger partial charge >= 0.3 is 0 Å². The first-order valence-electron chi connectivity index (χ1n) is 10.9. The molecule has 0 unspecified atom stereocenters. The maximum absolute atomic E-state index is 13.5. The first-order valence-corrected chi connectivity index (χ1v) is 10.9. The molecule has 0 N–H and O–H groups in total. The SMILES string of the molecule is Cn1ncc(CN2C[C@H](c3ccc(F)cc3)[C@H]3[C@@H]2C2CCN3CC2)c1C1CC1. The van der Waals surface area contributed by atoms with Crippen molar-refractivity contribution in [1.29, 1.82) is 0 Å². The van der Waals surface area contributed by atoms with Crippen LogP contribution in [0.15, 0.2) is 30.5 Å². The number of fused-ring (bicyclic) bond motifs is 2. The van der Waals surface area contributed by atoms with Crippen LogP contribution in [-0.2, 0) is 13.6 Å². The zero-order valence-corrected chi connectivity index (χ0v) is 16.6. The van der Waals surface area contributed by atoms with E-state index in [-0.39, 0.29) is 5.82 Å². The summed E-state index contributed by atoms with van der Waals surface area (Å²) in [5, 5.41) is 4.60. The van der Waals surface area contributed by atoms with Gasteiger partial charge in [-0.15, -0.1) is 0 Å². The van der Waals surface area contributed by atoms with Crippen LogP contribution in [0.1, 0.15) is 54.3 Å². The van der Waals surface area contributed by atoms with Gasteiger partial charge < -0.3 is 0 Å². The summed E-state index contributed by atoms with van der Waals surface area (Å²) in [6.07, 6.45) is 7.39. The normalized spacial score (nSPS) is 34.7. The van der Waals surface area contributed by atoms with Crippen LogP contribution in [0, 0.1) is 11.7 Å². The van der Waals surface area contributed by atoms with E-state index in [0.717, 1.165) is 24.9 Å². The Morgan fingerprint density at radius 2 is 1.79 bits per heavy atom. The minimum atomic E-state index is -0.134. The lowest BCUT2D eigenvalue weighted by Crippen LogP contribution is -2.60. The molecule has 0 radical (unpaired) electrons. The van der Waals surface area contributed by atoms with Crippen molar-refractivity contribution >= 4 is 0 Å². The monoisotopic (exact) mass is 380 g/mol. The van der Waals surface area contributed by atoms with Crippen LogP contribution in [0.25, 0.3) is 0 Å². The van der Waals surface area contributed by atoms with Gasteiger partial charge in [0.25, 0.3) is 0 Å². The average molecular weight is 381 g/mol. The lowest BCUT2D eigenvalue weighted by molar-refractivity contribution is -0.00875. The number of benzene rings is 1. The van der Waals surface area contributed by atoms with Crippen molar-refractivity contribution in [1.82, 2.24) is 19.6 Å². The molecular formula is C23H29FN4. The Kier molecular flexibility index (Phi) is 3.92. The number of aryl methyl sites for hydroxylation is 1. The molecule has 1 aliphatic carbocycles. The highest BCUT2D eigenvalue weighted by atomic mass is 19.1. The Morgan fingerprint density at radius 1 is 1.04 bits per heavy atom. The van der Waals surface area contributed by atoms with Crippen LogP contribution in [0.5, 0.6) is 0 Å². The predicted octanol–water partition coefficient (Wildman–Crippen LogP) is 3.50. The van der Waals surface area contributed by atoms with Gasteiger partial charge in [-0.05, 0) is 62.4 Å². The van der Waals surface area contributed by atoms with E-state index in [4.69, 9.17) is 0 Å². The molecule has 3 atom stereocenters. The van der Waals surface area contributed by atoms with Gasteiger partial charge in [0, 0.05) is 55.3 Å². The number of aromatic nitrogens is 2. The number of rotatable bonds is 4. The molecular weight excluding hydrogens is 351 g/mol. The van der Waals surface area contributed by atoms with Gasteiger partial charge in [0.1, 0.15) is 5.82 Å². The summed E-state index contributed by atoms with van der Waals surface area (Å²) < 4.78 is 15.6. The van der Waals surface area contributed by atoms with E-state index in [1.807, 2.05) is 12.1 Å². The molecule has 4 saturated heterocycles. The van der Waals surface area contributed by atoms with Crippen LogP contribution >= 0.6 is 0 Å². The molecule has 5 aliphatic rings. The van der Waals surface area contributed by atoms with E-state index in [9.17, 15) is 4.39 Å². The summed E-state index contributed by atoms with van der Waals surface area (Å²) >= 11 is 0.